The average molecular weight is 747 g/mol. The summed E-state index contributed by atoms with van der Waals surface area (Å²) in [6.45, 7) is 17.4. The van der Waals surface area contributed by atoms with E-state index in [1.807, 2.05) is 0 Å². The molecule has 3 unspecified atom stereocenters. The number of nitrogens with two attached hydrogens (primary N) is 3. The molecule has 16 nitrogen and oxygen atoms in total. The van der Waals surface area contributed by atoms with Gasteiger partial charge in [-0.3, -0.25) is 14.4 Å². The fourth-order valence-electron chi connectivity index (χ4n) is 5.83. The second-order valence-electron chi connectivity index (χ2n) is 13.8. The Labute approximate surface area is 314 Å². The molecule has 0 aliphatic heterocycles. The molecule has 0 aromatic carbocycles. The van der Waals surface area contributed by atoms with Crippen LogP contribution < -0.4 is 33.2 Å². The normalized spacial score (nSPS) is 13.6. The summed E-state index contributed by atoms with van der Waals surface area (Å²) in [6, 6.07) is 0. The Kier molecular flexibility index (Phi) is 32.3. The van der Waals surface area contributed by atoms with Gasteiger partial charge < -0.3 is 68.1 Å². The molecule has 0 fully saturated rings. The first kappa shape index (κ1) is 50.0. The van der Waals surface area contributed by atoms with Crippen molar-refractivity contribution < 1.29 is 29.7 Å². The van der Waals surface area contributed by atoms with E-state index in [0.717, 1.165) is 97.4 Å². The minimum Gasteiger partial charge on any atom is -0.390 e. The van der Waals surface area contributed by atoms with E-state index >= 15 is 0 Å². The van der Waals surface area contributed by atoms with Crippen molar-refractivity contribution >= 4 is 17.7 Å². The number of aliphatic hydroxyl groups is 3. The van der Waals surface area contributed by atoms with E-state index in [1.54, 1.807) is 0 Å². The zero-order chi connectivity index (χ0) is 39.0. The fourth-order valence-corrected chi connectivity index (χ4v) is 5.83. The summed E-state index contributed by atoms with van der Waals surface area (Å²) < 4.78 is 0. The molecule has 0 radical (unpaired) electrons. The molecular formula is C36H78N10O6. The molecule has 0 rings (SSSR count). The first-order chi connectivity index (χ1) is 25.0. The number of nitrogens with zero attached hydrogens (tertiary/aromatic N) is 4. The number of nitrogens with one attached hydrogen (secondary N) is 3. The summed E-state index contributed by atoms with van der Waals surface area (Å²) in [6.07, 6.45) is 4.82. The lowest BCUT2D eigenvalue weighted by atomic mass is 10.2. The van der Waals surface area contributed by atoms with Crippen LogP contribution in [-0.4, -0.2) is 189 Å². The maximum absolute atomic E-state index is 12.3. The summed E-state index contributed by atoms with van der Waals surface area (Å²) >= 11 is 0. The van der Waals surface area contributed by atoms with E-state index in [0.29, 0.717) is 38.9 Å². The van der Waals surface area contributed by atoms with Gasteiger partial charge in [0.2, 0.25) is 17.7 Å². The molecule has 0 bridgehead atoms. The van der Waals surface area contributed by atoms with E-state index in [9.17, 15) is 29.7 Å². The second-order valence-corrected chi connectivity index (χ2v) is 13.8. The lowest BCUT2D eigenvalue weighted by Crippen LogP contribution is -2.39. The molecule has 0 aliphatic rings. The number of hydrogen-bond donors (Lipinski definition) is 9. The third-order valence-corrected chi connectivity index (χ3v) is 8.85. The predicted octanol–water partition coefficient (Wildman–Crippen LogP) is -1.93. The number of hydrogen-bond acceptors (Lipinski definition) is 13. The SMILES string of the molecule is CCCN(CCCN(CCCN(CCC)CCC(=O)NCC(O)CN)CCCN(CCC)CCC(=O)NCC(O)CN)CCC(=O)NCC(O)CN. The maximum Gasteiger partial charge on any atom is 0.221 e. The quantitative estimate of drug-likeness (QED) is 0.0340. The van der Waals surface area contributed by atoms with Gasteiger partial charge in [0.1, 0.15) is 0 Å². The van der Waals surface area contributed by atoms with Crippen LogP contribution in [0.3, 0.4) is 0 Å². The van der Waals surface area contributed by atoms with Crippen LogP contribution >= 0.6 is 0 Å². The smallest absolute Gasteiger partial charge is 0.221 e. The maximum atomic E-state index is 12.3. The summed E-state index contributed by atoms with van der Waals surface area (Å²) in [5.74, 6) is -0.251. The molecule has 0 aromatic rings. The van der Waals surface area contributed by atoms with Gasteiger partial charge in [-0.1, -0.05) is 20.8 Å². The van der Waals surface area contributed by atoms with Crippen molar-refractivity contribution in [3.8, 4) is 0 Å². The summed E-state index contributed by atoms with van der Waals surface area (Å²) in [5.41, 5.74) is 16.3. The van der Waals surface area contributed by atoms with Crippen molar-refractivity contribution in [2.45, 2.75) is 96.9 Å². The van der Waals surface area contributed by atoms with Crippen molar-refractivity contribution in [1.82, 2.24) is 35.6 Å². The van der Waals surface area contributed by atoms with Crippen molar-refractivity contribution in [2.24, 2.45) is 17.2 Å². The van der Waals surface area contributed by atoms with E-state index in [1.165, 1.54) is 0 Å². The lowest BCUT2D eigenvalue weighted by Gasteiger charge is -2.28. The highest BCUT2D eigenvalue weighted by Crippen LogP contribution is 2.05. The Morgan fingerprint density at radius 1 is 0.442 bits per heavy atom. The lowest BCUT2D eigenvalue weighted by molar-refractivity contribution is -0.122. The molecule has 16 heteroatoms. The van der Waals surface area contributed by atoms with Gasteiger partial charge in [0.15, 0.2) is 0 Å². The van der Waals surface area contributed by atoms with Gasteiger partial charge >= 0.3 is 0 Å². The summed E-state index contributed by atoms with van der Waals surface area (Å²) in [5, 5.41) is 37.2. The highest BCUT2D eigenvalue weighted by Gasteiger charge is 2.15. The van der Waals surface area contributed by atoms with Gasteiger partial charge in [0.25, 0.3) is 0 Å². The Bertz CT molecular complexity index is 783. The largest absolute Gasteiger partial charge is 0.390 e. The number of carbonyl (C=O) groups is 3. The molecule has 0 aromatic heterocycles. The van der Waals surface area contributed by atoms with Crippen LogP contribution in [0.4, 0.5) is 0 Å². The molecule has 0 spiro atoms. The van der Waals surface area contributed by atoms with Crippen molar-refractivity contribution in [3.63, 3.8) is 0 Å². The van der Waals surface area contributed by atoms with E-state index in [2.05, 4.69) is 56.3 Å². The molecule has 3 amide bonds. The van der Waals surface area contributed by atoms with Gasteiger partial charge in [0, 0.05) is 78.2 Å². The third kappa shape index (κ3) is 28.5. The average Bonchev–Trinajstić information content (AvgIpc) is 3.14. The van der Waals surface area contributed by atoms with Gasteiger partial charge in [-0.2, -0.15) is 0 Å². The number of rotatable bonds is 36. The summed E-state index contributed by atoms with van der Waals surface area (Å²) in [4.78, 5) is 46.5. The van der Waals surface area contributed by atoms with E-state index in [4.69, 9.17) is 17.2 Å². The number of aliphatic hydroxyl groups excluding tert-OH is 3. The zero-order valence-electron chi connectivity index (χ0n) is 32.9. The molecule has 0 heterocycles. The van der Waals surface area contributed by atoms with Crippen LogP contribution in [0.25, 0.3) is 0 Å². The highest BCUT2D eigenvalue weighted by molar-refractivity contribution is 5.76. The Hall–Kier alpha value is -1.99. The molecule has 308 valence electrons. The first-order valence-electron chi connectivity index (χ1n) is 19.8. The van der Waals surface area contributed by atoms with E-state index < -0.39 is 18.3 Å². The standard InChI is InChI=1S/C36H78N10O6/c1-4-13-43(22-10-34(50)40-28-31(47)25-37)16-7-19-46(20-8-17-44(14-5-2)23-11-35(51)41-29-32(48)26-38)21-9-18-45(15-6-3)24-12-36(52)42-30-33(49)27-39/h31-33,47-49H,4-30,37-39H2,1-3H3,(H,40,50)(H,41,51)(H,42,52). The molecule has 0 saturated carbocycles. The molecule has 0 aliphatic carbocycles. The molecule has 0 saturated heterocycles. The Morgan fingerprint density at radius 3 is 0.885 bits per heavy atom. The number of amides is 3. The van der Waals surface area contributed by atoms with Crippen LogP contribution in [0.1, 0.15) is 78.6 Å². The van der Waals surface area contributed by atoms with Crippen LogP contribution in [0.15, 0.2) is 0 Å². The van der Waals surface area contributed by atoms with Gasteiger partial charge in [-0.15, -0.1) is 0 Å². The van der Waals surface area contributed by atoms with Gasteiger partial charge in [-0.25, -0.2) is 0 Å². The van der Waals surface area contributed by atoms with Crippen LogP contribution in [-0.2, 0) is 14.4 Å². The van der Waals surface area contributed by atoms with Crippen molar-refractivity contribution in [2.75, 3.05) is 118 Å². The summed E-state index contributed by atoms with van der Waals surface area (Å²) in [7, 11) is 0. The first-order valence-corrected chi connectivity index (χ1v) is 19.8. The van der Waals surface area contributed by atoms with Crippen LogP contribution in [0, 0.1) is 0 Å². The molecule has 52 heavy (non-hydrogen) atoms. The predicted molar refractivity (Wildman–Crippen MR) is 209 cm³/mol. The van der Waals surface area contributed by atoms with E-state index in [-0.39, 0.29) is 57.0 Å². The molecule has 3 atom stereocenters. The van der Waals surface area contributed by atoms with Crippen LogP contribution in [0.2, 0.25) is 0 Å². The molecular weight excluding hydrogens is 668 g/mol. The van der Waals surface area contributed by atoms with Crippen LogP contribution in [0.5, 0.6) is 0 Å². The van der Waals surface area contributed by atoms with Crippen molar-refractivity contribution in [3.05, 3.63) is 0 Å². The Morgan fingerprint density at radius 2 is 0.673 bits per heavy atom. The highest BCUT2D eigenvalue weighted by atomic mass is 16.3. The topological polar surface area (TPSA) is 239 Å². The van der Waals surface area contributed by atoms with Gasteiger partial charge in [-0.05, 0) is 97.4 Å². The Balaban J connectivity index is 5.22. The third-order valence-electron chi connectivity index (χ3n) is 8.85. The minimum absolute atomic E-state index is 0.0836. The fraction of sp³-hybridized carbons (Fsp3) is 0.917. The van der Waals surface area contributed by atoms with Crippen molar-refractivity contribution in [1.29, 1.82) is 0 Å². The number of carbonyl (C=O) groups excluding carboxylic acids is 3. The minimum atomic E-state index is -0.730. The monoisotopic (exact) mass is 747 g/mol. The molecule has 12 N–H and O–H groups in total. The second kappa shape index (κ2) is 33.6. The van der Waals surface area contributed by atoms with Gasteiger partial charge in [0.05, 0.1) is 18.3 Å². The zero-order valence-corrected chi connectivity index (χ0v) is 32.9.